The predicted octanol–water partition coefficient (Wildman–Crippen LogP) is 1.57. The number of nitrogens with one attached hydrogen (secondary N) is 1. The Morgan fingerprint density at radius 2 is 2.07 bits per heavy atom. The summed E-state index contributed by atoms with van der Waals surface area (Å²) in [6.07, 6.45) is 0. The number of hydrogen-bond donors (Lipinski definition) is 1. The van der Waals surface area contributed by atoms with Gasteiger partial charge in [0.2, 0.25) is 5.91 Å². The Balaban J connectivity index is 2.83. The normalized spacial score (nSPS) is 9.80. The number of rotatable bonds is 4. The molecule has 1 N–H and O–H groups in total. The topological polar surface area (TPSA) is 32.3 Å². The van der Waals surface area contributed by atoms with Gasteiger partial charge in [-0.25, -0.2) is 0 Å². The van der Waals surface area contributed by atoms with Gasteiger partial charge in [0.1, 0.15) is 0 Å². The van der Waals surface area contributed by atoms with Crippen LogP contribution in [0.2, 0.25) is 0 Å². The lowest BCUT2D eigenvalue weighted by Gasteiger charge is -2.23. The highest BCUT2D eigenvalue weighted by Crippen LogP contribution is 2.18. The van der Waals surface area contributed by atoms with E-state index in [0.717, 1.165) is 12.2 Å². The SMILES string of the molecule is CCN(CC(=O)NC)c1ccccc1C. The second-order valence-corrected chi connectivity index (χ2v) is 3.47. The number of carbonyl (C=O) groups excluding carboxylic acids is 1. The van der Waals surface area contributed by atoms with Crippen molar-refractivity contribution < 1.29 is 4.79 Å². The van der Waals surface area contributed by atoms with Gasteiger partial charge in [-0.3, -0.25) is 4.79 Å². The third-order valence-electron chi connectivity index (χ3n) is 2.45. The molecule has 0 heterocycles. The Morgan fingerprint density at radius 3 is 2.60 bits per heavy atom. The fraction of sp³-hybridized carbons (Fsp3) is 0.417. The summed E-state index contributed by atoms with van der Waals surface area (Å²) < 4.78 is 0. The van der Waals surface area contributed by atoms with Crippen LogP contribution in [0.25, 0.3) is 0 Å². The maximum Gasteiger partial charge on any atom is 0.239 e. The van der Waals surface area contributed by atoms with E-state index < -0.39 is 0 Å². The predicted molar refractivity (Wildman–Crippen MR) is 63.1 cm³/mol. The van der Waals surface area contributed by atoms with Crippen molar-refractivity contribution in [2.75, 3.05) is 25.0 Å². The molecule has 3 heteroatoms. The van der Waals surface area contributed by atoms with E-state index in [1.165, 1.54) is 5.56 Å². The van der Waals surface area contributed by atoms with Crippen LogP contribution >= 0.6 is 0 Å². The molecule has 0 unspecified atom stereocenters. The number of amides is 1. The minimum absolute atomic E-state index is 0.0418. The summed E-state index contributed by atoms with van der Waals surface area (Å²) in [6.45, 7) is 5.35. The lowest BCUT2D eigenvalue weighted by molar-refractivity contribution is -0.119. The molecule has 15 heavy (non-hydrogen) atoms. The summed E-state index contributed by atoms with van der Waals surface area (Å²) in [5, 5.41) is 2.64. The van der Waals surface area contributed by atoms with Gasteiger partial charge in [-0.2, -0.15) is 0 Å². The second-order valence-electron chi connectivity index (χ2n) is 3.47. The van der Waals surface area contributed by atoms with Crippen molar-refractivity contribution >= 4 is 11.6 Å². The Hall–Kier alpha value is -1.51. The van der Waals surface area contributed by atoms with Crippen LogP contribution in [0.3, 0.4) is 0 Å². The molecule has 1 aromatic rings. The van der Waals surface area contributed by atoms with E-state index in [2.05, 4.69) is 30.1 Å². The van der Waals surface area contributed by atoms with Crippen molar-refractivity contribution in [2.45, 2.75) is 13.8 Å². The number of nitrogens with zero attached hydrogens (tertiary/aromatic N) is 1. The van der Waals surface area contributed by atoms with Crippen molar-refractivity contribution in [1.82, 2.24) is 5.32 Å². The monoisotopic (exact) mass is 206 g/mol. The summed E-state index contributed by atoms with van der Waals surface area (Å²) in [6, 6.07) is 8.10. The summed E-state index contributed by atoms with van der Waals surface area (Å²) in [4.78, 5) is 13.4. The molecule has 0 aliphatic rings. The molecule has 0 bridgehead atoms. The number of hydrogen-bond acceptors (Lipinski definition) is 2. The van der Waals surface area contributed by atoms with E-state index in [1.807, 2.05) is 18.2 Å². The minimum atomic E-state index is 0.0418. The van der Waals surface area contributed by atoms with Gasteiger partial charge in [-0.05, 0) is 25.5 Å². The van der Waals surface area contributed by atoms with Crippen molar-refractivity contribution in [3.05, 3.63) is 29.8 Å². The van der Waals surface area contributed by atoms with E-state index in [-0.39, 0.29) is 5.91 Å². The van der Waals surface area contributed by atoms with Crippen LogP contribution in [0.5, 0.6) is 0 Å². The van der Waals surface area contributed by atoms with Gasteiger partial charge in [0.15, 0.2) is 0 Å². The maximum absolute atomic E-state index is 11.3. The van der Waals surface area contributed by atoms with Crippen molar-refractivity contribution in [1.29, 1.82) is 0 Å². The molecule has 0 saturated heterocycles. The quantitative estimate of drug-likeness (QED) is 0.811. The number of aryl methyl sites for hydroxylation is 1. The first kappa shape index (κ1) is 11.6. The number of likely N-dealkylation sites (N-methyl/N-ethyl adjacent to an activating group) is 2. The van der Waals surface area contributed by atoms with Crippen LogP contribution in [0, 0.1) is 6.92 Å². The molecule has 0 spiro atoms. The molecular formula is C12H18N2O. The maximum atomic E-state index is 11.3. The highest BCUT2D eigenvalue weighted by Gasteiger charge is 2.09. The third-order valence-corrected chi connectivity index (χ3v) is 2.45. The molecule has 0 fully saturated rings. The first-order valence-corrected chi connectivity index (χ1v) is 5.20. The lowest BCUT2D eigenvalue weighted by Crippen LogP contribution is -2.35. The van der Waals surface area contributed by atoms with Gasteiger partial charge in [0, 0.05) is 19.3 Å². The molecule has 0 aliphatic heterocycles. The Bertz CT molecular complexity index is 336. The molecule has 0 radical (unpaired) electrons. The van der Waals surface area contributed by atoms with Gasteiger partial charge in [0.05, 0.1) is 6.54 Å². The molecule has 0 aromatic heterocycles. The van der Waals surface area contributed by atoms with E-state index in [1.54, 1.807) is 7.05 Å². The standard InChI is InChI=1S/C12H18N2O/c1-4-14(9-12(15)13-3)11-8-6-5-7-10(11)2/h5-8H,4,9H2,1-3H3,(H,13,15). The fourth-order valence-electron chi connectivity index (χ4n) is 1.54. The zero-order chi connectivity index (χ0) is 11.3. The molecule has 82 valence electrons. The van der Waals surface area contributed by atoms with Gasteiger partial charge >= 0.3 is 0 Å². The van der Waals surface area contributed by atoms with Crippen molar-refractivity contribution in [3.8, 4) is 0 Å². The Morgan fingerprint density at radius 1 is 1.40 bits per heavy atom. The number of carbonyl (C=O) groups is 1. The van der Waals surface area contributed by atoms with Crippen LogP contribution in [-0.2, 0) is 4.79 Å². The first-order valence-electron chi connectivity index (χ1n) is 5.20. The van der Waals surface area contributed by atoms with Crippen molar-refractivity contribution in [2.24, 2.45) is 0 Å². The molecule has 0 aliphatic carbocycles. The zero-order valence-electron chi connectivity index (χ0n) is 9.58. The summed E-state index contributed by atoms with van der Waals surface area (Å²) >= 11 is 0. The van der Waals surface area contributed by atoms with Gasteiger partial charge < -0.3 is 10.2 Å². The van der Waals surface area contributed by atoms with E-state index >= 15 is 0 Å². The fourth-order valence-corrected chi connectivity index (χ4v) is 1.54. The first-order chi connectivity index (χ1) is 7.19. The number of benzene rings is 1. The Labute approximate surface area is 91.1 Å². The summed E-state index contributed by atoms with van der Waals surface area (Å²) in [5.41, 5.74) is 2.33. The molecule has 3 nitrogen and oxygen atoms in total. The van der Waals surface area contributed by atoms with Crippen LogP contribution in [-0.4, -0.2) is 26.0 Å². The molecule has 0 atom stereocenters. The van der Waals surface area contributed by atoms with Crippen LogP contribution in [0.4, 0.5) is 5.69 Å². The van der Waals surface area contributed by atoms with E-state index in [4.69, 9.17) is 0 Å². The highest BCUT2D eigenvalue weighted by atomic mass is 16.1. The largest absolute Gasteiger partial charge is 0.362 e. The highest BCUT2D eigenvalue weighted by molar-refractivity contribution is 5.81. The third kappa shape index (κ3) is 2.98. The van der Waals surface area contributed by atoms with Crippen LogP contribution < -0.4 is 10.2 Å². The van der Waals surface area contributed by atoms with Gasteiger partial charge in [-0.15, -0.1) is 0 Å². The lowest BCUT2D eigenvalue weighted by atomic mass is 10.2. The molecule has 1 aromatic carbocycles. The minimum Gasteiger partial charge on any atom is -0.362 e. The molecular weight excluding hydrogens is 188 g/mol. The molecule has 1 rings (SSSR count). The van der Waals surface area contributed by atoms with E-state index in [0.29, 0.717) is 6.54 Å². The average molecular weight is 206 g/mol. The molecule has 0 saturated carbocycles. The number of anilines is 1. The van der Waals surface area contributed by atoms with E-state index in [9.17, 15) is 4.79 Å². The zero-order valence-corrected chi connectivity index (χ0v) is 9.58. The Kier molecular flexibility index (Phi) is 4.16. The summed E-state index contributed by atoms with van der Waals surface area (Å²) in [7, 11) is 1.66. The smallest absolute Gasteiger partial charge is 0.239 e. The second kappa shape index (κ2) is 5.39. The average Bonchev–Trinajstić information content (AvgIpc) is 2.26. The summed E-state index contributed by atoms with van der Waals surface area (Å²) in [5.74, 6) is 0.0418. The molecule has 1 amide bonds. The van der Waals surface area contributed by atoms with Crippen molar-refractivity contribution in [3.63, 3.8) is 0 Å². The number of para-hydroxylation sites is 1. The van der Waals surface area contributed by atoms with Crippen LogP contribution in [0.1, 0.15) is 12.5 Å². The van der Waals surface area contributed by atoms with Crippen LogP contribution in [0.15, 0.2) is 24.3 Å². The van der Waals surface area contributed by atoms with Gasteiger partial charge in [0.25, 0.3) is 0 Å². The van der Waals surface area contributed by atoms with Gasteiger partial charge in [-0.1, -0.05) is 18.2 Å².